The van der Waals surface area contributed by atoms with Gasteiger partial charge in [0.05, 0.1) is 6.04 Å². The van der Waals surface area contributed by atoms with Crippen molar-refractivity contribution in [2.24, 2.45) is 0 Å². The van der Waals surface area contributed by atoms with E-state index in [-0.39, 0.29) is 16.5 Å². The van der Waals surface area contributed by atoms with Crippen molar-refractivity contribution in [3.05, 3.63) is 28.2 Å². The fraction of sp³-hybridized carbons (Fsp3) is 0.500. The molecule has 1 aliphatic heterocycles. The molecule has 0 unspecified atom stereocenters. The van der Waals surface area contributed by atoms with Crippen LogP contribution < -0.4 is 5.43 Å². The van der Waals surface area contributed by atoms with Crippen LogP contribution in [0.2, 0.25) is 0 Å². The van der Waals surface area contributed by atoms with Crippen LogP contribution in [0, 0.1) is 5.82 Å². The van der Waals surface area contributed by atoms with Gasteiger partial charge in [0.1, 0.15) is 4.60 Å². The van der Waals surface area contributed by atoms with Gasteiger partial charge in [-0.2, -0.15) is 0 Å². The number of nitrogens with zero attached hydrogens (tertiary/aromatic N) is 2. The van der Waals surface area contributed by atoms with Crippen LogP contribution in [0.5, 0.6) is 0 Å². The number of hydrazine groups is 1. The van der Waals surface area contributed by atoms with E-state index in [4.69, 9.17) is 0 Å². The molecule has 1 N–H and O–H groups in total. The van der Waals surface area contributed by atoms with Crippen LogP contribution in [0.4, 0.5) is 4.39 Å². The summed E-state index contributed by atoms with van der Waals surface area (Å²) in [5.74, 6) is -0.296. The zero-order valence-corrected chi connectivity index (χ0v) is 10.1. The Bertz CT molecular complexity index is 359. The van der Waals surface area contributed by atoms with Gasteiger partial charge in [0.15, 0.2) is 5.82 Å². The first kappa shape index (κ1) is 11.0. The van der Waals surface area contributed by atoms with E-state index in [1.165, 1.54) is 0 Å². The maximum absolute atomic E-state index is 13.3. The predicted octanol–water partition coefficient (Wildman–Crippen LogP) is 2.25. The standard InChI is InChI=1S/C10H13BrFN3/c1-13-15-4-2-3-9(15)7-5-8(12)10(11)14-6-7/h5-6,9,13H,2-4H2,1H3/t9-/m0/s1. The lowest BCUT2D eigenvalue weighted by Crippen LogP contribution is -2.34. The molecule has 0 bridgehead atoms. The average Bonchev–Trinajstić information content (AvgIpc) is 2.70. The highest BCUT2D eigenvalue weighted by Crippen LogP contribution is 2.30. The third-order valence-electron chi connectivity index (χ3n) is 2.74. The zero-order valence-electron chi connectivity index (χ0n) is 8.50. The molecule has 1 atom stereocenters. The minimum Gasteiger partial charge on any atom is -0.258 e. The predicted molar refractivity (Wildman–Crippen MR) is 59.6 cm³/mol. The molecule has 0 amide bonds. The van der Waals surface area contributed by atoms with Gasteiger partial charge in [0.25, 0.3) is 0 Å². The molecule has 3 nitrogen and oxygen atoms in total. The second kappa shape index (κ2) is 4.55. The summed E-state index contributed by atoms with van der Waals surface area (Å²) in [6.07, 6.45) is 3.90. The summed E-state index contributed by atoms with van der Waals surface area (Å²) in [5.41, 5.74) is 4.05. The summed E-state index contributed by atoms with van der Waals surface area (Å²) in [6, 6.07) is 1.79. The molecule has 0 aromatic carbocycles. The van der Waals surface area contributed by atoms with E-state index < -0.39 is 0 Å². The van der Waals surface area contributed by atoms with E-state index in [1.54, 1.807) is 12.3 Å². The minimum atomic E-state index is -0.296. The van der Waals surface area contributed by atoms with Crippen molar-refractivity contribution < 1.29 is 4.39 Å². The monoisotopic (exact) mass is 273 g/mol. The van der Waals surface area contributed by atoms with Crippen molar-refractivity contribution >= 4 is 15.9 Å². The quantitative estimate of drug-likeness (QED) is 0.838. The van der Waals surface area contributed by atoms with Gasteiger partial charge in [-0.15, -0.1) is 0 Å². The summed E-state index contributed by atoms with van der Waals surface area (Å²) in [5, 5.41) is 2.12. The van der Waals surface area contributed by atoms with Crippen molar-refractivity contribution in [2.45, 2.75) is 18.9 Å². The molecule has 0 saturated carbocycles. The largest absolute Gasteiger partial charge is 0.258 e. The Labute approximate surface area is 96.8 Å². The zero-order chi connectivity index (χ0) is 10.8. The molecule has 82 valence electrons. The van der Waals surface area contributed by atoms with Gasteiger partial charge in [-0.3, -0.25) is 5.43 Å². The fourth-order valence-electron chi connectivity index (χ4n) is 2.00. The molecule has 1 saturated heterocycles. The molecule has 15 heavy (non-hydrogen) atoms. The number of aromatic nitrogens is 1. The maximum Gasteiger partial charge on any atom is 0.156 e. The minimum absolute atomic E-state index is 0.241. The lowest BCUT2D eigenvalue weighted by molar-refractivity contribution is 0.190. The van der Waals surface area contributed by atoms with E-state index >= 15 is 0 Å². The third-order valence-corrected chi connectivity index (χ3v) is 3.33. The van der Waals surface area contributed by atoms with Gasteiger partial charge < -0.3 is 0 Å². The van der Waals surface area contributed by atoms with E-state index in [9.17, 15) is 4.39 Å². The Kier molecular flexibility index (Phi) is 3.33. The molecular weight excluding hydrogens is 261 g/mol. The topological polar surface area (TPSA) is 28.2 Å². The van der Waals surface area contributed by atoms with Crippen LogP contribution in [0.1, 0.15) is 24.4 Å². The summed E-state index contributed by atoms with van der Waals surface area (Å²) < 4.78 is 13.6. The van der Waals surface area contributed by atoms with Crippen LogP contribution in [0.3, 0.4) is 0 Å². The molecule has 5 heteroatoms. The van der Waals surface area contributed by atoms with Crippen LogP contribution in [-0.4, -0.2) is 23.6 Å². The summed E-state index contributed by atoms with van der Waals surface area (Å²) in [4.78, 5) is 3.98. The lowest BCUT2D eigenvalue weighted by Gasteiger charge is -2.23. The molecule has 1 aromatic rings. The smallest absolute Gasteiger partial charge is 0.156 e. The Morgan fingerprint density at radius 2 is 2.47 bits per heavy atom. The number of rotatable bonds is 2. The number of hydrogen-bond donors (Lipinski definition) is 1. The highest BCUT2D eigenvalue weighted by molar-refractivity contribution is 9.10. The normalized spacial score (nSPS) is 22.2. The van der Waals surface area contributed by atoms with Crippen LogP contribution in [0.25, 0.3) is 0 Å². The molecule has 1 fully saturated rings. The lowest BCUT2D eigenvalue weighted by atomic mass is 10.1. The van der Waals surface area contributed by atoms with Crippen LogP contribution >= 0.6 is 15.9 Å². The van der Waals surface area contributed by atoms with E-state index in [1.807, 2.05) is 7.05 Å². The van der Waals surface area contributed by atoms with Crippen molar-refractivity contribution in [1.29, 1.82) is 0 Å². The highest BCUT2D eigenvalue weighted by atomic mass is 79.9. The van der Waals surface area contributed by atoms with E-state index in [0.29, 0.717) is 0 Å². The summed E-state index contributed by atoms with van der Waals surface area (Å²) in [7, 11) is 1.89. The van der Waals surface area contributed by atoms with Crippen molar-refractivity contribution in [2.75, 3.05) is 13.6 Å². The van der Waals surface area contributed by atoms with Crippen molar-refractivity contribution in [3.63, 3.8) is 0 Å². The van der Waals surface area contributed by atoms with Gasteiger partial charge in [-0.1, -0.05) is 0 Å². The van der Waals surface area contributed by atoms with Gasteiger partial charge in [0.2, 0.25) is 0 Å². The molecule has 0 radical (unpaired) electrons. The Morgan fingerprint density at radius 3 is 3.13 bits per heavy atom. The first-order chi connectivity index (χ1) is 7.22. The molecule has 0 spiro atoms. The van der Waals surface area contributed by atoms with Gasteiger partial charge in [-0.25, -0.2) is 14.4 Å². The number of halogens is 2. The Balaban J connectivity index is 2.25. The van der Waals surface area contributed by atoms with Gasteiger partial charge in [0, 0.05) is 12.7 Å². The van der Waals surface area contributed by atoms with Crippen LogP contribution in [0.15, 0.2) is 16.9 Å². The van der Waals surface area contributed by atoms with E-state index in [2.05, 4.69) is 31.3 Å². The first-order valence-electron chi connectivity index (χ1n) is 4.97. The van der Waals surface area contributed by atoms with Gasteiger partial charge >= 0.3 is 0 Å². The third kappa shape index (κ3) is 2.19. The van der Waals surface area contributed by atoms with Crippen molar-refractivity contribution in [1.82, 2.24) is 15.4 Å². The van der Waals surface area contributed by atoms with Crippen LogP contribution in [-0.2, 0) is 0 Å². The average molecular weight is 274 g/mol. The second-order valence-electron chi connectivity index (χ2n) is 3.62. The Hall–Kier alpha value is -0.520. The number of nitrogens with one attached hydrogen (secondary N) is 1. The Morgan fingerprint density at radius 1 is 1.67 bits per heavy atom. The van der Waals surface area contributed by atoms with E-state index in [0.717, 1.165) is 24.9 Å². The summed E-state index contributed by atoms with van der Waals surface area (Å²) >= 11 is 3.05. The fourth-order valence-corrected chi connectivity index (χ4v) is 2.22. The number of hydrogen-bond acceptors (Lipinski definition) is 3. The molecule has 0 aliphatic carbocycles. The number of pyridine rings is 1. The molecule has 1 aromatic heterocycles. The molecule has 2 heterocycles. The molecular formula is C10H13BrFN3. The summed E-state index contributed by atoms with van der Waals surface area (Å²) in [6.45, 7) is 0.999. The highest BCUT2D eigenvalue weighted by Gasteiger charge is 2.25. The maximum atomic E-state index is 13.3. The second-order valence-corrected chi connectivity index (χ2v) is 4.37. The first-order valence-corrected chi connectivity index (χ1v) is 5.76. The SMILES string of the molecule is CNN1CCC[C@H]1c1cnc(Br)c(F)c1. The van der Waals surface area contributed by atoms with Gasteiger partial charge in [-0.05, 0) is 47.4 Å². The molecule has 2 rings (SSSR count). The van der Waals surface area contributed by atoms with Crippen molar-refractivity contribution in [3.8, 4) is 0 Å². The molecule has 1 aliphatic rings.